The SMILES string of the molecule is COCC(CO)NS(=O)(=O)c1cc(Cl)cc(N)c1F. The molecule has 0 spiro atoms. The van der Waals surface area contributed by atoms with Gasteiger partial charge in [-0.15, -0.1) is 0 Å². The highest BCUT2D eigenvalue weighted by Gasteiger charge is 2.24. The Morgan fingerprint density at radius 1 is 1.58 bits per heavy atom. The van der Waals surface area contributed by atoms with Crippen molar-refractivity contribution in [2.45, 2.75) is 10.9 Å². The standard InChI is InChI=1S/C10H14ClFN2O4S/c1-18-5-7(4-15)14-19(16,17)9-3-6(11)2-8(13)10(9)12/h2-3,7,14-15H,4-5,13H2,1H3. The zero-order valence-corrected chi connectivity index (χ0v) is 11.6. The number of anilines is 1. The van der Waals surface area contributed by atoms with E-state index < -0.39 is 33.4 Å². The molecular weight excluding hydrogens is 299 g/mol. The summed E-state index contributed by atoms with van der Waals surface area (Å²) >= 11 is 5.65. The summed E-state index contributed by atoms with van der Waals surface area (Å²) in [4.78, 5) is -0.674. The number of rotatable bonds is 6. The van der Waals surface area contributed by atoms with Gasteiger partial charge >= 0.3 is 0 Å². The minimum Gasteiger partial charge on any atom is -0.396 e. The molecule has 108 valence electrons. The molecule has 0 aliphatic heterocycles. The number of nitrogens with one attached hydrogen (secondary N) is 1. The Morgan fingerprint density at radius 2 is 2.21 bits per heavy atom. The summed E-state index contributed by atoms with van der Waals surface area (Å²) in [6.45, 7) is -0.557. The Balaban J connectivity index is 3.13. The number of halogens is 2. The van der Waals surface area contributed by atoms with E-state index in [1.165, 1.54) is 7.11 Å². The molecule has 0 saturated carbocycles. The van der Waals surface area contributed by atoms with Crippen LogP contribution in [0.25, 0.3) is 0 Å². The van der Waals surface area contributed by atoms with Crippen molar-refractivity contribution in [3.8, 4) is 0 Å². The van der Waals surface area contributed by atoms with Crippen molar-refractivity contribution in [3.63, 3.8) is 0 Å². The van der Waals surface area contributed by atoms with E-state index in [0.29, 0.717) is 0 Å². The number of nitrogen functional groups attached to an aromatic ring is 1. The van der Waals surface area contributed by atoms with E-state index in [2.05, 4.69) is 4.72 Å². The fourth-order valence-corrected chi connectivity index (χ4v) is 3.02. The van der Waals surface area contributed by atoms with Crippen molar-refractivity contribution in [3.05, 3.63) is 23.0 Å². The van der Waals surface area contributed by atoms with Crippen LogP contribution in [-0.2, 0) is 14.8 Å². The molecular formula is C10H14ClFN2O4S. The van der Waals surface area contributed by atoms with Crippen LogP contribution in [0.4, 0.5) is 10.1 Å². The first-order chi connectivity index (χ1) is 8.81. The van der Waals surface area contributed by atoms with Crippen molar-refractivity contribution in [2.75, 3.05) is 26.1 Å². The first-order valence-electron chi connectivity index (χ1n) is 5.18. The lowest BCUT2D eigenvalue weighted by atomic mass is 10.3. The van der Waals surface area contributed by atoms with Gasteiger partial charge in [-0.1, -0.05) is 11.6 Å². The normalized spacial score (nSPS) is 13.5. The Hall–Kier alpha value is -0.930. The van der Waals surface area contributed by atoms with E-state index in [4.69, 9.17) is 27.2 Å². The second-order valence-corrected chi connectivity index (χ2v) is 5.88. The first-order valence-corrected chi connectivity index (χ1v) is 7.04. The van der Waals surface area contributed by atoms with Crippen molar-refractivity contribution < 1.29 is 22.7 Å². The van der Waals surface area contributed by atoms with Crippen LogP contribution in [0.5, 0.6) is 0 Å². The maximum Gasteiger partial charge on any atom is 0.244 e. The van der Waals surface area contributed by atoms with Gasteiger partial charge in [0.2, 0.25) is 10.0 Å². The van der Waals surface area contributed by atoms with Gasteiger partial charge < -0.3 is 15.6 Å². The Morgan fingerprint density at radius 3 is 2.74 bits per heavy atom. The van der Waals surface area contributed by atoms with Crippen LogP contribution in [0.2, 0.25) is 5.02 Å². The van der Waals surface area contributed by atoms with Crippen molar-refractivity contribution >= 4 is 27.3 Å². The number of nitrogens with two attached hydrogens (primary N) is 1. The topological polar surface area (TPSA) is 102 Å². The van der Waals surface area contributed by atoms with Gasteiger partial charge in [0, 0.05) is 12.1 Å². The summed E-state index contributed by atoms with van der Waals surface area (Å²) in [6.07, 6.45) is 0. The third-order valence-corrected chi connectivity index (χ3v) is 3.97. The van der Waals surface area contributed by atoms with Crippen LogP contribution < -0.4 is 10.5 Å². The van der Waals surface area contributed by atoms with Gasteiger partial charge in [0.1, 0.15) is 4.90 Å². The summed E-state index contributed by atoms with van der Waals surface area (Å²) < 4.78 is 44.5. The van der Waals surface area contributed by atoms with Gasteiger partial charge in [-0.2, -0.15) is 0 Å². The van der Waals surface area contributed by atoms with Crippen molar-refractivity contribution in [2.24, 2.45) is 0 Å². The van der Waals surface area contributed by atoms with E-state index >= 15 is 0 Å². The molecule has 1 aromatic carbocycles. The van der Waals surface area contributed by atoms with Gasteiger partial charge in [-0.25, -0.2) is 17.5 Å². The molecule has 19 heavy (non-hydrogen) atoms. The lowest BCUT2D eigenvalue weighted by Crippen LogP contribution is -2.40. The number of ether oxygens (including phenoxy) is 1. The molecule has 9 heteroatoms. The second kappa shape index (κ2) is 6.49. The fraction of sp³-hybridized carbons (Fsp3) is 0.400. The van der Waals surface area contributed by atoms with E-state index in [1.54, 1.807) is 0 Å². The number of benzene rings is 1. The Labute approximate surface area is 115 Å². The molecule has 0 aliphatic rings. The maximum atomic E-state index is 13.7. The largest absolute Gasteiger partial charge is 0.396 e. The zero-order chi connectivity index (χ0) is 14.6. The second-order valence-electron chi connectivity index (χ2n) is 3.76. The van der Waals surface area contributed by atoms with Crippen LogP contribution in [0.1, 0.15) is 0 Å². The van der Waals surface area contributed by atoms with E-state index in [0.717, 1.165) is 12.1 Å². The Bertz CT molecular complexity index is 553. The van der Waals surface area contributed by atoms with Crippen LogP contribution in [-0.4, -0.2) is 39.9 Å². The third kappa shape index (κ3) is 4.02. The molecule has 1 unspecified atom stereocenters. The molecule has 1 atom stereocenters. The van der Waals surface area contributed by atoms with Crippen LogP contribution in [0.3, 0.4) is 0 Å². The molecule has 1 aromatic rings. The predicted octanol–water partition coefficient (Wildman–Crippen LogP) is 0.347. The van der Waals surface area contributed by atoms with E-state index in [9.17, 15) is 12.8 Å². The van der Waals surface area contributed by atoms with Crippen LogP contribution >= 0.6 is 11.6 Å². The van der Waals surface area contributed by atoms with Gasteiger partial charge in [0.15, 0.2) is 5.82 Å². The molecule has 0 saturated heterocycles. The minimum atomic E-state index is -4.20. The molecule has 0 bridgehead atoms. The summed E-state index contributed by atoms with van der Waals surface area (Å²) in [5.41, 5.74) is 4.94. The van der Waals surface area contributed by atoms with Gasteiger partial charge in [0.05, 0.1) is 24.9 Å². The van der Waals surface area contributed by atoms with Gasteiger partial charge in [0.25, 0.3) is 0 Å². The van der Waals surface area contributed by atoms with Crippen LogP contribution in [0, 0.1) is 5.82 Å². The molecule has 0 radical (unpaired) electrons. The van der Waals surface area contributed by atoms with Gasteiger partial charge in [-0.3, -0.25) is 0 Å². The quantitative estimate of drug-likeness (QED) is 0.658. The Kier molecular flexibility index (Phi) is 5.50. The summed E-state index contributed by atoms with van der Waals surface area (Å²) in [5, 5.41) is 8.99. The first kappa shape index (κ1) is 16.1. The maximum absolute atomic E-state index is 13.7. The molecule has 4 N–H and O–H groups in total. The van der Waals surface area contributed by atoms with Crippen molar-refractivity contribution in [1.82, 2.24) is 4.72 Å². The highest BCUT2D eigenvalue weighted by molar-refractivity contribution is 7.89. The number of hydrogen-bond donors (Lipinski definition) is 3. The fourth-order valence-electron chi connectivity index (χ4n) is 1.39. The minimum absolute atomic E-state index is 0.00781. The predicted molar refractivity (Wildman–Crippen MR) is 68.9 cm³/mol. The molecule has 0 heterocycles. The number of sulfonamides is 1. The number of aliphatic hydroxyl groups excluding tert-OH is 1. The number of methoxy groups -OCH3 is 1. The zero-order valence-electron chi connectivity index (χ0n) is 10.1. The lowest BCUT2D eigenvalue weighted by Gasteiger charge is -2.16. The highest BCUT2D eigenvalue weighted by atomic mass is 35.5. The number of aliphatic hydroxyl groups is 1. The summed E-state index contributed by atoms with van der Waals surface area (Å²) in [7, 11) is -2.86. The van der Waals surface area contributed by atoms with Gasteiger partial charge in [-0.05, 0) is 12.1 Å². The summed E-state index contributed by atoms with van der Waals surface area (Å²) in [6, 6.07) is 1.15. The molecule has 0 fully saturated rings. The lowest BCUT2D eigenvalue weighted by molar-refractivity contribution is 0.139. The van der Waals surface area contributed by atoms with Crippen LogP contribution in [0.15, 0.2) is 17.0 Å². The van der Waals surface area contributed by atoms with Crippen molar-refractivity contribution in [1.29, 1.82) is 0 Å². The molecule has 0 aliphatic carbocycles. The smallest absolute Gasteiger partial charge is 0.244 e. The average Bonchev–Trinajstić information content (AvgIpc) is 2.32. The highest BCUT2D eigenvalue weighted by Crippen LogP contribution is 2.25. The third-order valence-electron chi connectivity index (χ3n) is 2.23. The number of hydrogen-bond acceptors (Lipinski definition) is 5. The molecule has 1 rings (SSSR count). The van der Waals surface area contributed by atoms with E-state index in [-0.39, 0.29) is 17.3 Å². The monoisotopic (exact) mass is 312 g/mol. The average molecular weight is 313 g/mol. The molecule has 0 aromatic heterocycles. The molecule has 6 nitrogen and oxygen atoms in total. The molecule has 0 amide bonds. The van der Waals surface area contributed by atoms with E-state index in [1.807, 2.05) is 0 Å². The summed E-state index contributed by atoms with van der Waals surface area (Å²) in [5.74, 6) is -1.09.